The second kappa shape index (κ2) is 5.37. The Bertz CT molecular complexity index is 836. The summed E-state index contributed by atoms with van der Waals surface area (Å²) in [5.41, 5.74) is 3.27. The second-order valence-electron chi connectivity index (χ2n) is 4.88. The first-order valence-electron chi connectivity index (χ1n) is 6.56. The highest BCUT2D eigenvalue weighted by Gasteiger charge is 2.17. The number of aromatic nitrogens is 1. The van der Waals surface area contributed by atoms with Gasteiger partial charge in [-0.05, 0) is 52.7 Å². The molecule has 0 saturated carbocycles. The molecule has 3 nitrogen and oxygen atoms in total. The van der Waals surface area contributed by atoms with Crippen molar-refractivity contribution in [2.75, 3.05) is 7.11 Å². The van der Waals surface area contributed by atoms with E-state index in [1.54, 1.807) is 13.3 Å². The van der Waals surface area contributed by atoms with Crippen molar-refractivity contribution in [3.8, 4) is 5.75 Å². The maximum Gasteiger partial charge on any atom is 0.196 e. The number of nitrogens with one attached hydrogen (secondary N) is 1. The van der Waals surface area contributed by atoms with E-state index in [-0.39, 0.29) is 5.78 Å². The molecular weight excluding hydrogens is 330 g/mol. The van der Waals surface area contributed by atoms with E-state index in [0.29, 0.717) is 11.1 Å². The fraction of sp³-hybridized carbons (Fsp3) is 0.118. The Hall–Kier alpha value is -2.07. The molecule has 0 unspecified atom stereocenters. The van der Waals surface area contributed by atoms with Gasteiger partial charge in [-0.1, -0.05) is 12.1 Å². The van der Waals surface area contributed by atoms with Crippen LogP contribution in [-0.2, 0) is 0 Å². The van der Waals surface area contributed by atoms with Crippen molar-refractivity contribution < 1.29 is 9.53 Å². The number of fused-ring (bicyclic) bond motifs is 1. The first-order chi connectivity index (χ1) is 10.1. The van der Waals surface area contributed by atoms with Gasteiger partial charge in [0.1, 0.15) is 5.75 Å². The number of H-pyrrole nitrogens is 1. The van der Waals surface area contributed by atoms with Crippen molar-refractivity contribution >= 4 is 32.6 Å². The largest absolute Gasteiger partial charge is 0.497 e. The van der Waals surface area contributed by atoms with Gasteiger partial charge in [-0.15, -0.1) is 0 Å². The molecule has 1 aromatic heterocycles. The highest BCUT2D eigenvalue weighted by molar-refractivity contribution is 9.10. The first kappa shape index (κ1) is 13.9. The average molecular weight is 344 g/mol. The van der Waals surface area contributed by atoms with Crippen molar-refractivity contribution in [1.82, 2.24) is 4.98 Å². The van der Waals surface area contributed by atoms with Gasteiger partial charge in [-0.2, -0.15) is 0 Å². The summed E-state index contributed by atoms with van der Waals surface area (Å²) < 4.78 is 6.08. The molecule has 0 amide bonds. The number of hydrogen-bond donors (Lipinski definition) is 1. The number of rotatable bonds is 3. The zero-order chi connectivity index (χ0) is 15.0. The summed E-state index contributed by atoms with van der Waals surface area (Å²) in [4.78, 5) is 15.9. The zero-order valence-corrected chi connectivity index (χ0v) is 13.3. The fourth-order valence-electron chi connectivity index (χ4n) is 2.38. The molecule has 4 heteroatoms. The molecule has 0 aliphatic heterocycles. The molecule has 0 aliphatic carbocycles. The predicted molar refractivity (Wildman–Crippen MR) is 87.2 cm³/mol. The zero-order valence-electron chi connectivity index (χ0n) is 11.7. The molecule has 2 aromatic carbocycles. The molecule has 0 radical (unpaired) electrons. The predicted octanol–water partition coefficient (Wildman–Crippen LogP) is 4.48. The van der Waals surface area contributed by atoms with Crippen molar-refractivity contribution in [3.05, 3.63) is 63.8 Å². The van der Waals surface area contributed by atoms with Crippen LogP contribution in [0.1, 0.15) is 21.5 Å². The minimum absolute atomic E-state index is 0.00919. The lowest BCUT2D eigenvalue weighted by Gasteiger charge is -2.06. The van der Waals surface area contributed by atoms with Gasteiger partial charge < -0.3 is 9.72 Å². The monoisotopic (exact) mass is 343 g/mol. The minimum Gasteiger partial charge on any atom is -0.497 e. The van der Waals surface area contributed by atoms with Gasteiger partial charge in [-0.25, -0.2) is 0 Å². The van der Waals surface area contributed by atoms with Crippen molar-refractivity contribution in [3.63, 3.8) is 0 Å². The summed E-state index contributed by atoms with van der Waals surface area (Å²) in [6.07, 6.45) is 1.75. The van der Waals surface area contributed by atoms with E-state index >= 15 is 0 Å². The van der Waals surface area contributed by atoms with E-state index < -0.39 is 0 Å². The molecule has 0 spiro atoms. The number of ketones is 1. The Balaban J connectivity index is 2.15. The lowest BCUT2D eigenvalue weighted by Crippen LogP contribution is -2.02. The van der Waals surface area contributed by atoms with Gasteiger partial charge in [0.15, 0.2) is 5.78 Å². The molecule has 0 aliphatic rings. The number of carbonyl (C=O) groups is 1. The third-order valence-corrected chi connectivity index (χ3v) is 4.62. The molecule has 3 aromatic rings. The third kappa shape index (κ3) is 2.36. The van der Waals surface area contributed by atoms with E-state index in [1.165, 1.54) is 0 Å². The lowest BCUT2D eigenvalue weighted by molar-refractivity contribution is 0.103. The number of carbonyl (C=O) groups excluding carboxylic acids is 1. The summed E-state index contributed by atoms with van der Waals surface area (Å²) in [5, 5.41) is 0.868. The highest BCUT2D eigenvalue weighted by atomic mass is 79.9. The second-order valence-corrected chi connectivity index (χ2v) is 5.67. The topological polar surface area (TPSA) is 42.1 Å². The van der Waals surface area contributed by atoms with Crippen molar-refractivity contribution in [2.24, 2.45) is 0 Å². The van der Waals surface area contributed by atoms with Crippen LogP contribution in [0.25, 0.3) is 10.9 Å². The minimum atomic E-state index is -0.00919. The van der Waals surface area contributed by atoms with E-state index in [2.05, 4.69) is 20.9 Å². The number of ether oxygens (including phenoxy) is 1. The maximum atomic E-state index is 12.8. The Kier molecular flexibility index (Phi) is 3.55. The Morgan fingerprint density at radius 2 is 2.00 bits per heavy atom. The SMILES string of the molecule is COc1ccc2[nH]cc(C(=O)c3cccc(C)c3Br)c2c1. The fourth-order valence-corrected chi connectivity index (χ4v) is 2.83. The standard InChI is InChI=1S/C17H14BrNO2/c1-10-4-3-5-12(16(10)18)17(20)14-9-19-15-7-6-11(21-2)8-13(14)15/h3-9,19H,1-2H3. The van der Waals surface area contributed by atoms with Crippen LogP contribution in [-0.4, -0.2) is 17.9 Å². The summed E-state index contributed by atoms with van der Waals surface area (Å²) in [6.45, 7) is 1.97. The first-order valence-corrected chi connectivity index (χ1v) is 7.36. The van der Waals surface area contributed by atoms with Crippen LogP contribution in [0.2, 0.25) is 0 Å². The molecule has 1 heterocycles. The van der Waals surface area contributed by atoms with E-state index in [1.807, 2.05) is 43.3 Å². The number of aryl methyl sites for hydroxylation is 1. The Morgan fingerprint density at radius 1 is 1.19 bits per heavy atom. The van der Waals surface area contributed by atoms with Gasteiger partial charge in [-0.3, -0.25) is 4.79 Å². The number of benzene rings is 2. The van der Waals surface area contributed by atoms with Crippen LogP contribution >= 0.6 is 15.9 Å². The van der Waals surface area contributed by atoms with Crippen LogP contribution in [0.4, 0.5) is 0 Å². The molecular formula is C17H14BrNO2. The van der Waals surface area contributed by atoms with Crippen LogP contribution in [0.5, 0.6) is 5.75 Å². The van der Waals surface area contributed by atoms with Crippen LogP contribution in [0.3, 0.4) is 0 Å². The highest BCUT2D eigenvalue weighted by Crippen LogP contribution is 2.28. The third-order valence-electron chi connectivity index (χ3n) is 3.57. The van der Waals surface area contributed by atoms with E-state index in [4.69, 9.17) is 4.74 Å². The molecule has 0 fully saturated rings. The smallest absolute Gasteiger partial charge is 0.196 e. The number of methoxy groups -OCH3 is 1. The maximum absolute atomic E-state index is 12.8. The number of aromatic amines is 1. The normalized spacial score (nSPS) is 10.8. The molecule has 106 valence electrons. The summed E-state index contributed by atoms with van der Waals surface area (Å²) in [7, 11) is 1.62. The van der Waals surface area contributed by atoms with Crippen molar-refractivity contribution in [1.29, 1.82) is 0 Å². The summed E-state index contributed by atoms with van der Waals surface area (Å²) in [5.74, 6) is 0.726. The van der Waals surface area contributed by atoms with Crippen LogP contribution in [0, 0.1) is 6.92 Å². The van der Waals surface area contributed by atoms with E-state index in [9.17, 15) is 4.79 Å². The molecule has 0 saturated heterocycles. The molecule has 3 rings (SSSR count). The van der Waals surface area contributed by atoms with Gasteiger partial charge in [0.25, 0.3) is 0 Å². The quantitative estimate of drug-likeness (QED) is 0.712. The van der Waals surface area contributed by atoms with Gasteiger partial charge in [0.05, 0.1) is 7.11 Å². The Labute approximate surface area is 131 Å². The number of hydrogen-bond acceptors (Lipinski definition) is 2. The summed E-state index contributed by atoms with van der Waals surface area (Å²) >= 11 is 3.50. The lowest BCUT2D eigenvalue weighted by atomic mass is 10.0. The number of halogens is 1. The molecule has 21 heavy (non-hydrogen) atoms. The van der Waals surface area contributed by atoms with Crippen molar-refractivity contribution in [2.45, 2.75) is 6.92 Å². The van der Waals surface area contributed by atoms with Gasteiger partial charge in [0, 0.05) is 32.7 Å². The van der Waals surface area contributed by atoms with Crippen LogP contribution in [0.15, 0.2) is 47.1 Å². The van der Waals surface area contributed by atoms with Crippen LogP contribution < -0.4 is 4.74 Å². The Morgan fingerprint density at radius 3 is 2.76 bits per heavy atom. The molecule has 0 atom stereocenters. The average Bonchev–Trinajstić information content (AvgIpc) is 2.92. The summed E-state index contributed by atoms with van der Waals surface area (Å²) in [6, 6.07) is 11.4. The molecule has 0 bridgehead atoms. The molecule has 1 N–H and O–H groups in total. The van der Waals surface area contributed by atoms with Gasteiger partial charge >= 0.3 is 0 Å². The van der Waals surface area contributed by atoms with Gasteiger partial charge in [0.2, 0.25) is 0 Å². The van der Waals surface area contributed by atoms with E-state index in [0.717, 1.165) is 26.7 Å².